The lowest BCUT2D eigenvalue weighted by Crippen LogP contribution is -2.06. The van der Waals surface area contributed by atoms with Crippen LogP contribution in [0.1, 0.15) is 49.7 Å². The third kappa shape index (κ3) is 3.60. The number of unbranched alkanes of at least 4 members (excludes halogenated alkanes) is 2. The summed E-state index contributed by atoms with van der Waals surface area (Å²) in [6.07, 6.45) is 4.37. The van der Waals surface area contributed by atoms with E-state index >= 15 is 0 Å². The molecule has 0 fully saturated rings. The summed E-state index contributed by atoms with van der Waals surface area (Å²) in [6, 6.07) is 4.81. The van der Waals surface area contributed by atoms with Crippen molar-refractivity contribution in [2.24, 2.45) is 0 Å². The Hall–Kier alpha value is -0.890. The summed E-state index contributed by atoms with van der Waals surface area (Å²) in [7, 11) is 0. The molecule has 0 saturated heterocycles. The Morgan fingerprint density at radius 2 is 2.06 bits per heavy atom. The first kappa shape index (κ1) is 13.2. The number of benzene rings is 1. The largest absolute Gasteiger partial charge is 0.396 e. The summed E-state index contributed by atoms with van der Waals surface area (Å²) in [5, 5.41) is 9.37. The summed E-state index contributed by atoms with van der Waals surface area (Å²) in [5.74, 6) is -0.128. The number of hydrogen-bond donors (Lipinski definition) is 1. The van der Waals surface area contributed by atoms with Crippen molar-refractivity contribution in [1.82, 2.24) is 0 Å². The smallest absolute Gasteiger partial charge is 0.123 e. The molecule has 1 N–H and O–H groups in total. The lowest BCUT2D eigenvalue weighted by Gasteiger charge is -2.17. The average molecular weight is 224 g/mol. The molecular formula is C14H21FO. The highest BCUT2D eigenvalue weighted by molar-refractivity contribution is 5.30. The van der Waals surface area contributed by atoms with E-state index in [0.717, 1.165) is 24.0 Å². The first-order valence-electron chi connectivity index (χ1n) is 6.06. The van der Waals surface area contributed by atoms with Crippen LogP contribution >= 0.6 is 0 Å². The molecule has 1 aromatic carbocycles. The van der Waals surface area contributed by atoms with Gasteiger partial charge in [0.15, 0.2) is 0 Å². The van der Waals surface area contributed by atoms with E-state index in [-0.39, 0.29) is 18.3 Å². The normalized spacial score (nSPS) is 12.8. The summed E-state index contributed by atoms with van der Waals surface area (Å²) >= 11 is 0. The molecule has 0 radical (unpaired) electrons. The first-order valence-corrected chi connectivity index (χ1v) is 6.06. The predicted octanol–water partition coefficient (Wildman–Crippen LogP) is 3.79. The van der Waals surface area contributed by atoms with Gasteiger partial charge in [0.05, 0.1) is 0 Å². The molecule has 0 aliphatic heterocycles. The van der Waals surface area contributed by atoms with Gasteiger partial charge in [-0.15, -0.1) is 0 Å². The maximum Gasteiger partial charge on any atom is 0.123 e. The Balaban J connectivity index is 2.73. The Labute approximate surface area is 97.3 Å². The van der Waals surface area contributed by atoms with Crippen LogP contribution in [0.2, 0.25) is 0 Å². The van der Waals surface area contributed by atoms with Gasteiger partial charge in [-0.1, -0.05) is 32.3 Å². The number of aryl methyl sites for hydroxylation is 1. The van der Waals surface area contributed by atoms with Gasteiger partial charge in [-0.2, -0.15) is 0 Å². The zero-order valence-corrected chi connectivity index (χ0v) is 10.2. The third-order valence-corrected chi connectivity index (χ3v) is 3.06. The molecule has 1 atom stereocenters. The topological polar surface area (TPSA) is 20.2 Å². The molecule has 1 rings (SSSR count). The highest BCUT2D eigenvalue weighted by atomic mass is 19.1. The van der Waals surface area contributed by atoms with Crippen LogP contribution in [0.15, 0.2) is 18.2 Å². The second kappa shape index (κ2) is 6.64. The van der Waals surface area contributed by atoms with Crippen LogP contribution < -0.4 is 0 Å². The van der Waals surface area contributed by atoms with Gasteiger partial charge >= 0.3 is 0 Å². The van der Waals surface area contributed by atoms with Crippen LogP contribution in [0.4, 0.5) is 4.39 Å². The van der Waals surface area contributed by atoms with E-state index in [1.807, 2.05) is 6.92 Å². The zero-order valence-electron chi connectivity index (χ0n) is 10.2. The van der Waals surface area contributed by atoms with Gasteiger partial charge in [-0.3, -0.25) is 0 Å². The quantitative estimate of drug-likeness (QED) is 0.729. The van der Waals surface area contributed by atoms with Crippen molar-refractivity contribution >= 4 is 0 Å². The number of aliphatic hydroxyl groups excluding tert-OH is 1. The minimum absolute atomic E-state index is 0.0854. The average Bonchev–Trinajstić information content (AvgIpc) is 2.28. The van der Waals surface area contributed by atoms with Crippen LogP contribution in [-0.4, -0.2) is 11.7 Å². The van der Waals surface area contributed by atoms with Gasteiger partial charge in [-0.25, -0.2) is 4.39 Å². The first-order chi connectivity index (χ1) is 7.69. The van der Waals surface area contributed by atoms with E-state index in [1.54, 1.807) is 12.1 Å². The molecule has 0 aliphatic rings. The molecule has 1 aromatic rings. The molecule has 0 saturated carbocycles. The molecular weight excluding hydrogens is 203 g/mol. The second-order valence-electron chi connectivity index (χ2n) is 4.38. The summed E-state index contributed by atoms with van der Waals surface area (Å²) in [6.45, 7) is 4.23. The summed E-state index contributed by atoms with van der Waals surface area (Å²) < 4.78 is 13.2. The standard InChI is InChI=1S/C14H21FO/c1-3-4-5-6-12(10-16)14-9-13(15)8-7-11(14)2/h7-9,12,16H,3-6,10H2,1-2H3. The van der Waals surface area contributed by atoms with Crippen LogP contribution in [0.3, 0.4) is 0 Å². The number of hydrogen-bond acceptors (Lipinski definition) is 1. The molecule has 0 spiro atoms. The molecule has 2 heteroatoms. The predicted molar refractivity (Wildman–Crippen MR) is 65.1 cm³/mol. The van der Waals surface area contributed by atoms with Crippen molar-refractivity contribution in [3.63, 3.8) is 0 Å². The maximum atomic E-state index is 13.2. The molecule has 1 nitrogen and oxygen atoms in total. The van der Waals surface area contributed by atoms with Crippen molar-refractivity contribution in [1.29, 1.82) is 0 Å². The molecule has 0 amide bonds. The highest BCUT2D eigenvalue weighted by Crippen LogP contribution is 2.25. The number of rotatable bonds is 6. The fourth-order valence-corrected chi connectivity index (χ4v) is 2.04. The minimum atomic E-state index is -0.213. The molecule has 16 heavy (non-hydrogen) atoms. The Kier molecular flexibility index (Phi) is 5.47. The van der Waals surface area contributed by atoms with Crippen molar-refractivity contribution < 1.29 is 9.50 Å². The van der Waals surface area contributed by atoms with Gasteiger partial charge in [0, 0.05) is 12.5 Å². The van der Waals surface area contributed by atoms with E-state index in [2.05, 4.69) is 6.92 Å². The Morgan fingerprint density at radius 1 is 1.31 bits per heavy atom. The maximum absolute atomic E-state index is 13.2. The van der Waals surface area contributed by atoms with Crippen LogP contribution in [0.5, 0.6) is 0 Å². The van der Waals surface area contributed by atoms with Gasteiger partial charge < -0.3 is 5.11 Å². The number of aliphatic hydroxyl groups is 1. The highest BCUT2D eigenvalue weighted by Gasteiger charge is 2.13. The second-order valence-corrected chi connectivity index (χ2v) is 4.38. The SMILES string of the molecule is CCCCCC(CO)c1cc(F)ccc1C. The Morgan fingerprint density at radius 3 is 2.69 bits per heavy atom. The Bertz CT molecular complexity index is 323. The van der Waals surface area contributed by atoms with Crippen molar-refractivity contribution in [3.8, 4) is 0 Å². The summed E-state index contributed by atoms with van der Waals surface area (Å²) in [4.78, 5) is 0. The van der Waals surface area contributed by atoms with Crippen molar-refractivity contribution in [3.05, 3.63) is 35.1 Å². The molecule has 90 valence electrons. The van der Waals surface area contributed by atoms with Crippen LogP contribution in [0.25, 0.3) is 0 Å². The molecule has 0 bridgehead atoms. The molecule has 0 aliphatic carbocycles. The molecule has 1 unspecified atom stereocenters. The van der Waals surface area contributed by atoms with E-state index in [1.165, 1.54) is 18.9 Å². The zero-order chi connectivity index (χ0) is 12.0. The lowest BCUT2D eigenvalue weighted by atomic mass is 9.91. The fraction of sp³-hybridized carbons (Fsp3) is 0.571. The van der Waals surface area contributed by atoms with Crippen molar-refractivity contribution in [2.45, 2.75) is 45.4 Å². The van der Waals surface area contributed by atoms with Gasteiger partial charge in [0.2, 0.25) is 0 Å². The van der Waals surface area contributed by atoms with E-state index in [0.29, 0.717) is 0 Å². The van der Waals surface area contributed by atoms with E-state index in [9.17, 15) is 9.50 Å². The third-order valence-electron chi connectivity index (χ3n) is 3.06. The van der Waals surface area contributed by atoms with Crippen molar-refractivity contribution in [2.75, 3.05) is 6.61 Å². The van der Waals surface area contributed by atoms with Crippen LogP contribution in [-0.2, 0) is 0 Å². The fourth-order valence-electron chi connectivity index (χ4n) is 2.04. The molecule has 0 aromatic heterocycles. The van der Waals surface area contributed by atoms with Gasteiger partial charge in [0.1, 0.15) is 5.82 Å². The van der Waals surface area contributed by atoms with Gasteiger partial charge in [-0.05, 0) is 36.6 Å². The van der Waals surface area contributed by atoms with Crippen LogP contribution in [0, 0.1) is 12.7 Å². The lowest BCUT2D eigenvalue weighted by molar-refractivity contribution is 0.256. The minimum Gasteiger partial charge on any atom is -0.396 e. The summed E-state index contributed by atoms with van der Waals surface area (Å²) in [5.41, 5.74) is 2.02. The number of halogens is 1. The monoisotopic (exact) mass is 224 g/mol. The van der Waals surface area contributed by atoms with Gasteiger partial charge in [0.25, 0.3) is 0 Å². The van der Waals surface area contributed by atoms with E-state index in [4.69, 9.17) is 0 Å². The molecule has 0 heterocycles. The van der Waals surface area contributed by atoms with E-state index < -0.39 is 0 Å².